The summed E-state index contributed by atoms with van der Waals surface area (Å²) in [7, 11) is 1.76. The second-order valence-corrected chi connectivity index (χ2v) is 6.27. The summed E-state index contributed by atoms with van der Waals surface area (Å²) in [6.07, 6.45) is 1.25. The van der Waals surface area contributed by atoms with Gasteiger partial charge in [-0.25, -0.2) is 0 Å². The lowest BCUT2D eigenvalue weighted by molar-refractivity contribution is 0.255. The zero-order chi connectivity index (χ0) is 14.4. The summed E-state index contributed by atoms with van der Waals surface area (Å²) in [5.41, 5.74) is 2.61. The fourth-order valence-corrected chi connectivity index (χ4v) is 3.30. The highest BCUT2D eigenvalue weighted by molar-refractivity contribution is 9.09. The number of nitrogens with zero attached hydrogens (tertiary/aromatic N) is 2. The standard InChI is InChI=1S/C16H25BrN2O/c1-14-4-5-16(20-2)15(12-14)13-19-8-3-7-18(9-6-17)10-11-19/h4-5,12H,3,6-11,13H2,1-2H3. The van der Waals surface area contributed by atoms with Crippen LogP contribution in [-0.2, 0) is 6.54 Å². The van der Waals surface area contributed by atoms with Crippen LogP contribution < -0.4 is 4.74 Å². The Labute approximate surface area is 131 Å². The second kappa shape index (κ2) is 8.01. The van der Waals surface area contributed by atoms with E-state index in [1.54, 1.807) is 7.11 Å². The van der Waals surface area contributed by atoms with Crippen LogP contribution in [0.25, 0.3) is 0 Å². The Balaban J connectivity index is 1.97. The Kier molecular flexibility index (Phi) is 6.33. The molecule has 1 aromatic carbocycles. The van der Waals surface area contributed by atoms with E-state index in [1.807, 2.05) is 0 Å². The summed E-state index contributed by atoms with van der Waals surface area (Å²) < 4.78 is 5.49. The quantitative estimate of drug-likeness (QED) is 0.766. The maximum absolute atomic E-state index is 5.49. The molecule has 112 valence electrons. The molecular formula is C16H25BrN2O. The highest BCUT2D eigenvalue weighted by atomic mass is 79.9. The molecule has 20 heavy (non-hydrogen) atoms. The zero-order valence-corrected chi connectivity index (χ0v) is 14.2. The van der Waals surface area contributed by atoms with Crippen molar-refractivity contribution in [1.82, 2.24) is 9.80 Å². The minimum Gasteiger partial charge on any atom is -0.496 e. The molecule has 1 aliphatic rings. The molecule has 0 radical (unpaired) electrons. The Morgan fingerprint density at radius 2 is 1.90 bits per heavy atom. The Morgan fingerprint density at radius 3 is 2.65 bits per heavy atom. The van der Waals surface area contributed by atoms with Crippen LogP contribution in [-0.4, -0.2) is 55.0 Å². The van der Waals surface area contributed by atoms with Crippen LogP contribution in [0.5, 0.6) is 5.75 Å². The number of rotatable bonds is 5. The van der Waals surface area contributed by atoms with Crippen molar-refractivity contribution in [2.75, 3.05) is 45.2 Å². The topological polar surface area (TPSA) is 15.7 Å². The lowest BCUT2D eigenvalue weighted by Crippen LogP contribution is -2.31. The van der Waals surface area contributed by atoms with E-state index in [2.05, 4.69) is 50.9 Å². The third-order valence-corrected chi connectivity index (χ3v) is 4.27. The third kappa shape index (κ3) is 4.47. The Morgan fingerprint density at radius 1 is 1.15 bits per heavy atom. The molecule has 0 atom stereocenters. The van der Waals surface area contributed by atoms with E-state index in [0.29, 0.717) is 0 Å². The predicted molar refractivity (Wildman–Crippen MR) is 87.9 cm³/mol. The van der Waals surface area contributed by atoms with Gasteiger partial charge in [0.1, 0.15) is 5.75 Å². The van der Waals surface area contributed by atoms with Crippen molar-refractivity contribution in [3.05, 3.63) is 29.3 Å². The SMILES string of the molecule is COc1ccc(C)cc1CN1CCCN(CCBr)CC1. The molecule has 2 rings (SSSR count). The number of hydrogen-bond acceptors (Lipinski definition) is 3. The van der Waals surface area contributed by atoms with Crippen LogP contribution in [0.15, 0.2) is 18.2 Å². The predicted octanol–water partition coefficient (Wildman–Crippen LogP) is 2.91. The first-order valence-electron chi connectivity index (χ1n) is 7.37. The molecular weight excluding hydrogens is 316 g/mol. The fraction of sp³-hybridized carbons (Fsp3) is 0.625. The van der Waals surface area contributed by atoms with Gasteiger partial charge >= 0.3 is 0 Å². The molecule has 0 unspecified atom stereocenters. The molecule has 4 heteroatoms. The van der Waals surface area contributed by atoms with Crippen molar-refractivity contribution in [2.45, 2.75) is 19.9 Å². The van der Waals surface area contributed by atoms with Crippen molar-refractivity contribution < 1.29 is 4.74 Å². The van der Waals surface area contributed by atoms with Crippen molar-refractivity contribution in [3.8, 4) is 5.75 Å². The largest absolute Gasteiger partial charge is 0.496 e. The molecule has 3 nitrogen and oxygen atoms in total. The molecule has 0 aromatic heterocycles. The molecule has 1 fully saturated rings. The van der Waals surface area contributed by atoms with E-state index in [9.17, 15) is 0 Å². The average molecular weight is 341 g/mol. The van der Waals surface area contributed by atoms with Crippen LogP contribution in [0.4, 0.5) is 0 Å². The molecule has 0 spiro atoms. The molecule has 0 saturated carbocycles. The first-order chi connectivity index (χ1) is 9.72. The van der Waals surface area contributed by atoms with Gasteiger partial charge < -0.3 is 9.64 Å². The van der Waals surface area contributed by atoms with Gasteiger partial charge in [0.05, 0.1) is 7.11 Å². The minimum atomic E-state index is 0.993. The maximum atomic E-state index is 5.49. The van der Waals surface area contributed by atoms with Gasteiger partial charge in [-0.2, -0.15) is 0 Å². The van der Waals surface area contributed by atoms with E-state index < -0.39 is 0 Å². The number of aryl methyl sites for hydroxylation is 1. The molecule has 0 amide bonds. The number of methoxy groups -OCH3 is 1. The van der Waals surface area contributed by atoms with Gasteiger partial charge in [0.25, 0.3) is 0 Å². The highest BCUT2D eigenvalue weighted by Gasteiger charge is 2.15. The van der Waals surface area contributed by atoms with Gasteiger partial charge in [0.15, 0.2) is 0 Å². The number of halogens is 1. The van der Waals surface area contributed by atoms with E-state index in [0.717, 1.165) is 30.7 Å². The molecule has 1 aliphatic heterocycles. The molecule has 0 bridgehead atoms. The summed E-state index contributed by atoms with van der Waals surface area (Å²) in [6, 6.07) is 6.45. The zero-order valence-electron chi connectivity index (χ0n) is 12.6. The lowest BCUT2D eigenvalue weighted by Gasteiger charge is -2.22. The van der Waals surface area contributed by atoms with Crippen molar-refractivity contribution in [2.24, 2.45) is 0 Å². The first-order valence-corrected chi connectivity index (χ1v) is 8.49. The van der Waals surface area contributed by atoms with E-state index in [4.69, 9.17) is 4.74 Å². The Hall–Kier alpha value is -0.580. The summed E-state index contributed by atoms with van der Waals surface area (Å²) in [5, 5.41) is 1.07. The van der Waals surface area contributed by atoms with Crippen LogP contribution in [0.3, 0.4) is 0 Å². The molecule has 1 aromatic rings. The summed E-state index contributed by atoms with van der Waals surface area (Å²) in [5.74, 6) is 1.01. The van der Waals surface area contributed by atoms with Gasteiger partial charge in [-0.15, -0.1) is 0 Å². The normalized spacial score (nSPS) is 17.9. The van der Waals surface area contributed by atoms with Crippen LogP contribution in [0, 0.1) is 6.92 Å². The number of alkyl halides is 1. The van der Waals surface area contributed by atoms with Gasteiger partial charge in [-0.1, -0.05) is 33.6 Å². The summed E-state index contributed by atoms with van der Waals surface area (Å²) in [4.78, 5) is 5.09. The third-order valence-electron chi connectivity index (χ3n) is 3.91. The lowest BCUT2D eigenvalue weighted by atomic mass is 10.1. The number of hydrogen-bond donors (Lipinski definition) is 0. The first kappa shape index (κ1) is 15.8. The fourth-order valence-electron chi connectivity index (χ4n) is 2.80. The number of ether oxygens (including phenoxy) is 1. The van der Waals surface area contributed by atoms with Crippen LogP contribution in [0.1, 0.15) is 17.5 Å². The second-order valence-electron chi connectivity index (χ2n) is 5.48. The van der Waals surface area contributed by atoms with Gasteiger partial charge in [0, 0.05) is 37.1 Å². The van der Waals surface area contributed by atoms with Crippen LogP contribution in [0.2, 0.25) is 0 Å². The number of benzene rings is 1. The van der Waals surface area contributed by atoms with E-state index >= 15 is 0 Å². The Bertz CT molecular complexity index is 425. The van der Waals surface area contributed by atoms with Crippen LogP contribution >= 0.6 is 15.9 Å². The van der Waals surface area contributed by atoms with E-state index in [1.165, 1.54) is 37.2 Å². The van der Waals surface area contributed by atoms with Gasteiger partial charge in [-0.05, 0) is 32.5 Å². The van der Waals surface area contributed by atoms with Crippen molar-refractivity contribution in [3.63, 3.8) is 0 Å². The van der Waals surface area contributed by atoms with E-state index in [-0.39, 0.29) is 0 Å². The molecule has 0 N–H and O–H groups in total. The van der Waals surface area contributed by atoms with Crippen molar-refractivity contribution >= 4 is 15.9 Å². The maximum Gasteiger partial charge on any atom is 0.123 e. The summed E-state index contributed by atoms with van der Waals surface area (Å²) >= 11 is 3.53. The molecule has 1 saturated heterocycles. The van der Waals surface area contributed by atoms with Gasteiger partial charge in [0.2, 0.25) is 0 Å². The monoisotopic (exact) mass is 340 g/mol. The van der Waals surface area contributed by atoms with Gasteiger partial charge in [-0.3, -0.25) is 4.90 Å². The average Bonchev–Trinajstić information content (AvgIpc) is 2.65. The summed E-state index contributed by atoms with van der Waals surface area (Å²) in [6.45, 7) is 8.99. The highest BCUT2D eigenvalue weighted by Crippen LogP contribution is 2.22. The molecule has 0 aliphatic carbocycles. The van der Waals surface area contributed by atoms with Crippen molar-refractivity contribution in [1.29, 1.82) is 0 Å². The smallest absolute Gasteiger partial charge is 0.123 e. The minimum absolute atomic E-state index is 0.993. The molecule has 1 heterocycles.